The molecule has 2 heterocycles. The number of hydroxylamine groups is 4. The first-order valence-corrected chi connectivity index (χ1v) is 28.8. The predicted octanol–water partition coefficient (Wildman–Crippen LogP) is 7.31. The lowest BCUT2D eigenvalue weighted by Gasteiger charge is -2.37. The predicted molar refractivity (Wildman–Crippen MR) is 298 cm³/mol. The maximum Gasteiger partial charge on any atom is 0.356 e. The number of nitrogens with zero attached hydrogens (tertiary/aromatic N) is 2. The number of rotatable bonds is 32. The molecule has 0 bridgehead atoms. The van der Waals surface area contributed by atoms with E-state index in [2.05, 4.69) is 0 Å². The molecule has 0 aromatic heterocycles. The van der Waals surface area contributed by atoms with Crippen molar-refractivity contribution in [3.8, 4) is 0 Å². The number of carbonyl (C=O) groups is 6. The van der Waals surface area contributed by atoms with Gasteiger partial charge < -0.3 is 59.0 Å². The zero-order valence-electron chi connectivity index (χ0n) is 46.9. The number of hydrogen-bond donors (Lipinski definition) is 2. The van der Waals surface area contributed by atoms with Gasteiger partial charge >= 0.3 is 35.8 Å². The van der Waals surface area contributed by atoms with Crippen molar-refractivity contribution in [3.05, 3.63) is 127 Å². The Labute approximate surface area is 487 Å². The van der Waals surface area contributed by atoms with Crippen LogP contribution >= 0.6 is 23.2 Å². The molecule has 20 nitrogen and oxygen atoms in total. The molecule has 2 aromatic rings. The van der Waals surface area contributed by atoms with Crippen molar-refractivity contribution in [1.29, 1.82) is 0 Å². The highest BCUT2D eigenvalue weighted by Crippen LogP contribution is 2.52. The molecule has 0 spiro atoms. The zero-order valence-corrected chi connectivity index (χ0v) is 48.4. The third-order valence-corrected chi connectivity index (χ3v) is 16.2. The van der Waals surface area contributed by atoms with Crippen LogP contribution in [-0.4, -0.2) is 139 Å². The topological polar surface area (TPSA) is 253 Å². The van der Waals surface area contributed by atoms with Gasteiger partial charge in [-0.25, -0.2) is 28.8 Å². The normalized spacial score (nSPS) is 19.4. The summed E-state index contributed by atoms with van der Waals surface area (Å²) in [5, 5.41) is 2.41. The fraction of sp³-hybridized carbons (Fsp3) is 0.533. The Morgan fingerprint density at radius 3 is 1.17 bits per heavy atom. The fourth-order valence-corrected chi connectivity index (χ4v) is 11.4. The van der Waals surface area contributed by atoms with Gasteiger partial charge in [0.25, 0.3) is 0 Å². The summed E-state index contributed by atoms with van der Waals surface area (Å²) in [6.07, 6.45) is 9.82. The minimum absolute atomic E-state index is 0.0137. The molecule has 4 saturated carbocycles. The van der Waals surface area contributed by atoms with Crippen molar-refractivity contribution in [2.24, 2.45) is 47.0 Å². The molecule has 0 amide bonds. The summed E-state index contributed by atoms with van der Waals surface area (Å²) in [6.45, 7) is 3.82. The van der Waals surface area contributed by atoms with E-state index in [9.17, 15) is 28.8 Å². The number of hydrogen-bond acceptors (Lipinski definition) is 20. The Morgan fingerprint density at radius 1 is 0.512 bits per heavy atom. The molecule has 0 radical (unpaired) electrons. The lowest BCUT2D eigenvalue weighted by Crippen LogP contribution is -2.39. The minimum Gasteiger partial charge on any atom is -0.466 e. The molecule has 0 unspecified atom stereocenters. The van der Waals surface area contributed by atoms with Crippen molar-refractivity contribution in [2.45, 2.75) is 77.0 Å². The maximum absolute atomic E-state index is 14.9. The van der Waals surface area contributed by atoms with E-state index >= 15 is 0 Å². The van der Waals surface area contributed by atoms with Crippen LogP contribution in [-0.2, 0) is 76.3 Å². The van der Waals surface area contributed by atoms with Gasteiger partial charge in [0.2, 0.25) is 0 Å². The van der Waals surface area contributed by atoms with Crippen molar-refractivity contribution in [2.75, 3.05) is 93.4 Å². The maximum atomic E-state index is 14.9. The number of benzene rings is 2. The van der Waals surface area contributed by atoms with E-state index in [1.165, 1.54) is 28.1 Å². The van der Waals surface area contributed by atoms with Crippen LogP contribution in [0.2, 0.25) is 10.0 Å². The molecule has 82 heavy (non-hydrogen) atoms. The second-order valence-electron chi connectivity index (χ2n) is 21.1. The zero-order chi connectivity index (χ0) is 58.5. The van der Waals surface area contributed by atoms with Gasteiger partial charge in [0, 0.05) is 35.3 Å². The van der Waals surface area contributed by atoms with Gasteiger partial charge in [-0.1, -0.05) is 59.6 Å². The molecule has 4 aliphatic carbocycles. The Bertz CT molecular complexity index is 2620. The quantitative estimate of drug-likeness (QED) is 0.0315. The van der Waals surface area contributed by atoms with Crippen molar-refractivity contribution >= 4 is 59.0 Å². The van der Waals surface area contributed by atoms with Gasteiger partial charge in [-0.15, -0.1) is 0 Å². The van der Waals surface area contributed by atoms with Gasteiger partial charge in [-0.3, -0.25) is 0 Å². The van der Waals surface area contributed by atoms with Crippen LogP contribution in [0.1, 0.15) is 88.2 Å². The second kappa shape index (κ2) is 29.4. The lowest BCUT2D eigenvalue weighted by molar-refractivity contribution is -0.173. The summed E-state index contributed by atoms with van der Waals surface area (Å²) in [5.74, 6) is -6.08. The van der Waals surface area contributed by atoms with Gasteiger partial charge in [0.05, 0.1) is 137 Å². The monoisotopic (exact) mass is 1180 g/mol. The first-order chi connectivity index (χ1) is 39.7. The average molecular weight is 1180 g/mol. The molecule has 22 heteroatoms. The van der Waals surface area contributed by atoms with Crippen LogP contribution < -0.4 is 11.5 Å². The van der Waals surface area contributed by atoms with E-state index in [-0.39, 0.29) is 146 Å². The van der Waals surface area contributed by atoms with Crippen LogP contribution in [0.15, 0.2) is 106 Å². The molecular weight excluding hydrogens is 1100 g/mol. The minimum atomic E-state index is -1.19. The first kappa shape index (κ1) is 62.0. The fourth-order valence-electron chi connectivity index (χ4n) is 10.9. The van der Waals surface area contributed by atoms with Crippen molar-refractivity contribution in [1.82, 2.24) is 10.1 Å². The highest BCUT2D eigenvalue weighted by Gasteiger charge is 2.48. The molecule has 4 fully saturated rings. The average Bonchev–Trinajstić information content (AvgIpc) is 3.84. The molecule has 2 aromatic carbocycles. The number of carbonyl (C=O) groups excluding carboxylic acids is 6. The van der Waals surface area contributed by atoms with Crippen LogP contribution in [0.4, 0.5) is 0 Å². The molecule has 8 rings (SSSR count). The lowest BCUT2D eigenvalue weighted by atomic mass is 9.80. The van der Waals surface area contributed by atoms with E-state index in [0.717, 1.165) is 73.6 Å². The van der Waals surface area contributed by atoms with E-state index in [1.54, 1.807) is 48.5 Å². The molecule has 6 aliphatic rings. The van der Waals surface area contributed by atoms with Crippen LogP contribution in [0.5, 0.6) is 0 Å². The summed E-state index contributed by atoms with van der Waals surface area (Å²) in [5.41, 5.74) is 11.6. The van der Waals surface area contributed by atoms with Gasteiger partial charge in [-0.2, -0.15) is 10.1 Å². The molecule has 2 atom stereocenters. The van der Waals surface area contributed by atoms with E-state index in [0.29, 0.717) is 34.8 Å². The van der Waals surface area contributed by atoms with Crippen LogP contribution in [0.25, 0.3) is 0 Å². The highest BCUT2D eigenvalue weighted by molar-refractivity contribution is 6.32. The first-order valence-electron chi connectivity index (χ1n) is 28.0. The largest absolute Gasteiger partial charge is 0.466 e. The van der Waals surface area contributed by atoms with Crippen molar-refractivity contribution < 1.29 is 76.3 Å². The van der Waals surface area contributed by atoms with Gasteiger partial charge in [-0.05, 0) is 124 Å². The van der Waals surface area contributed by atoms with E-state index < -0.39 is 47.7 Å². The number of esters is 4. The third kappa shape index (κ3) is 15.6. The number of methoxy groups -OCH3 is 2. The number of ether oxygens (including phenoxy) is 8. The second-order valence-corrected chi connectivity index (χ2v) is 21.9. The summed E-state index contributed by atoms with van der Waals surface area (Å²) in [4.78, 5) is 98.5. The smallest absolute Gasteiger partial charge is 0.356 e. The summed E-state index contributed by atoms with van der Waals surface area (Å²) < 4.78 is 46.3. The van der Waals surface area contributed by atoms with Gasteiger partial charge in [0.1, 0.15) is 0 Å². The molecular formula is C60H74Cl2N4O16. The SMILES string of the molecule is COC(=O)C1=C(C)N(OC(=O)/C=C/C(=O)ON2C(C)=C(C(=O)OC)[C@H](c3ccccc3Cl)C(C(=O)OCC(C3CC3)C3CC3)=C2COCCOCCN)C(COCCOCCN)=C(C(=O)OCC(C2CC2)C2CC2)[C@H]1c1ccccc1Cl. The number of allylic oxidation sites excluding steroid dienone is 2. The Balaban J connectivity index is 1.14. The third-order valence-electron chi connectivity index (χ3n) is 15.5. The van der Waals surface area contributed by atoms with Gasteiger partial charge in [0.15, 0.2) is 0 Å². The van der Waals surface area contributed by atoms with Crippen LogP contribution in [0, 0.1) is 35.5 Å². The number of halogens is 2. The molecule has 444 valence electrons. The standard InChI is InChI=1S/C60H74Cl2N4O16/c1-35-51(57(69)73-3)53(41-9-5-7-11-45(41)61)55(59(71)79-31-43(37-13-14-37)38-15-16-38)47(33-77-29-27-75-25-23-63)65(35)81-49(67)21-22-50(68)82-66-36(2)52(58(70)74-4)54(42-10-6-8-12-46(42)62)56(48(66)34-78-30-28-76-26-24-64)60(72)80-32-44(39-17-18-39)40-19-20-40/h5-12,21-22,37-40,43-44,53-54H,13-20,23-34,63-64H2,1-4H3/b22-21+/t53-,54-/m0/s1. The number of nitrogens with two attached hydrogens (primary N) is 2. The van der Waals surface area contributed by atoms with E-state index in [4.69, 9.17) is 82.2 Å². The van der Waals surface area contributed by atoms with E-state index in [1.807, 2.05) is 0 Å². The summed E-state index contributed by atoms with van der Waals surface area (Å²) >= 11 is 13.8. The Morgan fingerprint density at radius 2 is 0.854 bits per heavy atom. The molecule has 4 N–H and O–H groups in total. The molecule has 0 saturated heterocycles. The van der Waals surface area contributed by atoms with Crippen LogP contribution in [0.3, 0.4) is 0 Å². The Hall–Kier alpha value is -6.10. The Kier molecular flexibility index (Phi) is 22.2. The van der Waals surface area contributed by atoms with Crippen molar-refractivity contribution in [3.63, 3.8) is 0 Å². The summed E-state index contributed by atoms with van der Waals surface area (Å²) in [6, 6.07) is 13.4. The highest BCUT2D eigenvalue weighted by atomic mass is 35.5. The summed E-state index contributed by atoms with van der Waals surface area (Å²) in [7, 11) is 2.35. The molecule has 2 aliphatic heterocycles.